The maximum atomic E-state index is 12.4. The number of benzene rings is 3. The maximum absolute atomic E-state index is 12.4. The van der Waals surface area contributed by atoms with Crippen LogP contribution in [0.1, 0.15) is 95.1 Å². The second-order valence-corrected chi connectivity index (χ2v) is 26.1. The van der Waals surface area contributed by atoms with E-state index in [1.807, 2.05) is 65.9 Å². The van der Waals surface area contributed by atoms with Crippen LogP contribution >= 0.6 is 42.4 Å². The molecule has 434 valence electrons. The number of aryl methyl sites for hydroxylation is 2. The van der Waals surface area contributed by atoms with Gasteiger partial charge in [-0.05, 0) is 80.8 Å². The number of carboxylic acids is 1. The molecule has 78 heavy (non-hydrogen) atoms. The zero-order chi connectivity index (χ0) is 60.2. The minimum Gasteiger partial charge on any atom is -0.778 e. The van der Waals surface area contributed by atoms with E-state index >= 15 is 0 Å². The van der Waals surface area contributed by atoms with Gasteiger partial charge in [-0.1, -0.05) is 69.1 Å². The average molecular weight is 1210 g/mol. The Balaban J connectivity index is 0.000000523. The van der Waals surface area contributed by atoms with Gasteiger partial charge in [0.15, 0.2) is 27.2 Å². The number of methoxy groups -OCH3 is 1. The number of anilines is 1. The molecule has 28 heteroatoms. The average Bonchev–Trinajstić information content (AvgIpc) is 3.71. The predicted molar refractivity (Wildman–Crippen MR) is 300 cm³/mol. The Bertz CT molecular complexity index is 2940. The van der Waals surface area contributed by atoms with Gasteiger partial charge in [0.05, 0.1) is 87.2 Å². The van der Waals surface area contributed by atoms with Gasteiger partial charge in [0.25, 0.3) is 5.69 Å². The minimum atomic E-state index is -4.35. The molecule has 1 aromatic heterocycles. The number of nitro groups is 1. The Kier molecular flexibility index (Phi) is 29.4. The summed E-state index contributed by atoms with van der Waals surface area (Å²) in [7, 11) is -5.77. The zero-order valence-electron chi connectivity index (χ0n) is 45.7. The molecule has 0 spiro atoms. The molecule has 0 radical (unpaired) electrons. The van der Waals surface area contributed by atoms with Crippen LogP contribution in [0.15, 0.2) is 62.6 Å². The number of carboxylic acid groups (broad SMARTS) is 1. The zero-order valence-corrected chi connectivity index (χ0v) is 50.5. The van der Waals surface area contributed by atoms with Crippen molar-refractivity contribution in [1.29, 1.82) is 0 Å². The van der Waals surface area contributed by atoms with Gasteiger partial charge in [-0.25, -0.2) is 13.2 Å². The van der Waals surface area contributed by atoms with Crippen LogP contribution in [0.3, 0.4) is 0 Å². The molecule has 2 atom stereocenters. The highest BCUT2D eigenvalue weighted by atomic mass is 35.5. The summed E-state index contributed by atoms with van der Waals surface area (Å²) in [6.07, 6.45) is 8.06. The summed E-state index contributed by atoms with van der Waals surface area (Å²) in [5.74, 6) is -4.74. The van der Waals surface area contributed by atoms with Crippen molar-refractivity contribution in [3.8, 4) is 11.4 Å². The molecule has 2 unspecified atom stereocenters. The molecule has 1 aliphatic carbocycles. The standard InChI is InChI=1S/C15H18Cl2N2O3.C15H22ClNO2.C14H13NO7S.C3H8NO5P.C3H9S/c1-8(2)21-12-7-11(9(16)6-10(12)17)19-14(20)22-13(18-19)15(3,4)5;1-5-13-8-6-7-11(2)15(13)17(14(18)9-16)12(3)10-19-4;1-23(21,22)8-5-6-9(10(7-8)15(19)20)14(18)13-11(16)3-2-4-12(13)17;5-3(6)1-4-2-10(7,8)9;1-4(2)3/h6-8H,1-5H3;6-8,12H,5,9-10H2,1-4H3;5-7,13H,2-4H2,1H3;4H,1-2H2,(H,5,6)(H2,7,8,9);1-3H3/q;;;;+1/p-1. The molecular formula is C50H69Cl3N5O17PS2. The van der Waals surface area contributed by atoms with Crippen LogP contribution < -0.4 is 25.6 Å². The summed E-state index contributed by atoms with van der Waals surface area (Å²) in [5.41, 5.74) is 2.02. The molecule has 3 N–H and O–H groups in total. The molecule has 4 aromatic rings. The summed E-state index contributed by atoms with van der Waals surface area (Å²) in [5, 5.41) is 26.0. The van der Waals surface area contributed by atoms with Crippen molar-refractivity contribution in [3.05, 3.63) is 102 Å². The first-order chi connectivity index (χ1) is 35.9. The fraction of sp³-hybridized carbons (Fsp3) is 0.500. The number of carbonyl (C=O) groups is 5. The maximum Gasteiger partial charge on any atom is 0.442 e. The van der Waals surface area contributed by atoms with E-state index in [0.29, 0.717) is 46.3 Å². The van der Waals surface area contributed by atoms with Crippen LogP contribution in [-0.4, -0.2) is 132 Å². The number of hydrogen-bond acceptors (Lipinski definition) is 17. The van der Waals surface area contributed by atoms with Crippen LogP contribution in [-0.2, 0) is 61.0 Å². The van der Waals surface area contributed by atoms with Gasteiger partial charge in [0.1, 0.15) is 25.1 Å². The van der Waals surface area contributed by atoms with Crippen LogP contribution in [0.5, 0.6) is 5.75 Å². The molecule has 1 fully saturated rings. The van der Waals surface area contributed by atoms with Crippen LogP contribution in [0.2, 0.25) is 10.0 Å². The van der Waals surface area contributed by atoms with Crippen molar-refractivity contribution < 1.29 is 70.7 Å². The summed E-state index contributed by atoms with van der Waals surface area (Å²) in [4.78, 5) is 99.7. The highest BCUT2D eigenvalue weighted by molar-refractivity contribution is 7.94. The molecule has 1 saturated carbocycles. The number of nitrogens with one attached hydrogen (secondary N) is 1. The number of ketones is 3. The van der Waals surface area contributed by atoms with Crippen molar-refractivity contribution in [2.45, 2.75) is 104 Å². The van der Waals surface area contributed by atoms with E-state index in [1.165, 1.54) is 6.07 Å². The summed E-state index contributed by atoms with van der Waals surface area (Å²) >= 11 is 18.1. The Labute approximate surface area is 472 Å². The molecule has 1 amide bonds. The van der Waals surface area contributed by atoms with E-state index < -0.39 is 81.4 Å². The van der Waals surface area contributed by atoms with E-state index in [1.54, 1.807) is 18.1 Å². The summed E-state index contributed by atoms with van der Waals surface area (Å²) < 4.78 is 50.0. The number of hydrogen-bond donors (Lipinski definition) is 3. The first-order valence-electron chi connectivity index (χ1n) is 23.7. The monoisotopic (exact) mass is 1210 g/mol. The number of halogens is 3. The number of ether oxygens (including phenoxy) is 2. The Hall–Kier alpha value is -5.01. The number of nitro benzene ring substituents is 1. The number of nitrogens with zero attached hydrogens (tertiary/aromatic N) is 4. The number of Topliss-reactive ketones (excluding diaryl/α,β-unsaturated/α-hetero) is 3. The number of amides is 1. The third kappa shape index (κ3) is 23.4. The van der Waals surface area contributed by atoms with Crippen molar-refractivity contribution in [3.63, 3.8) is 0 Å². The van der Waals surface area contributed by atoms with Gasteiger partial charge in [-0.3, -0.25) is 39.4 Å². The molecule has 22 nitrogen and oxygen atoms in total. The summed E-state index contributed by atoms with van der Waals surface area (Å²) in [6, 6.07) is 11.9. The van der Waals surface area contributed by atoms with Gasteiger partial charge in [0, 0.05) is 43.8 Å². The number of sulfone groups is 1. The number of alkyl halides is 1. The quantitative estimate of drug-likeness (QED) is 0.0179. The van der Waals surface area contributed by atoms with E-state index in [2.05, 4.69) is 36.9 Å². The van der Waals surface area contributed by atoms with E-state index in [0.717, 1.165) is 52.4 Å². The Morgan fingerprint density at radius 2 is 1.62 bits per heavy atom. The third-order valence-corrected chi connectivity index (χ3v) is 12.7. The van der Waals surface area contributed by atoms with Gasteiger partial charge >= 0.3 is 11.7 Å². The molecule has 5 rings (SSSR count). The van der Waals surface area contributed by atoms with Gasteiger partial charge in [-0.2, -0.15) is 4.68 Å². The van der Waals surface area contributed by atoms with Crippen molar-refractivity contribution >= 4 is 104 Å². The molecule has 3 aromatic carbocycles. The molecule has 1 heterocycles. The molecule has 1 aliphatic rings. The second kappa shape index (κ2) is 32.3. The number of aliphatic carboxylic acids is 1. The van der Waals surface area contributed by atoms with Crippen LogP contribution in [0.4, 0.5) is 11.4 Å². The van der Waals surface area contributed by atoms with Crippen molar-refractivity contribution in [2.24, 2.45) is 5.92 Å². The predicted octanol–water partition coefficient (Wildman–Crippen LogP) is 7.16. The number of aromatic nitrogens is 2. The lowest BCUT2D eigenvalue weighted by Gasteiger charge is -2.31. The van der Waals surface area contributed by atoms with E-state index in [4.69, 9.17) is 58.7 Å². The van der Waals surface area contributed by atoms with E-state index in [-0.39, 0.29) is 52.1 Å². The molecule has 0 saturated heterocycles. The Morgan fingerprint density at radius 1 is 1.04 bits per heavy atom. The lowest BCUT2D eigenvalue weighted by atomic mass is 9.81. The first kappa shape index (κ1) is 71.0. The first-order valence-corrected chi connectivity index (χ1v) is 31.1. The molecular weight excluding hydrogens is 1140 g/mol. The highest BCUT2D eigenvalue weighted by Crippen LogP contribution is 2.34. The lowest BCUT2D eigenvalue weighted by molar-refractivity contribution is -0.385. The number of para-hydroxylation sites is 1. The second-order valence-electron chi connectivity index (χ2n) is 19.0. The summed E-state index contributed by atoms with van der Waals surface area (Å²) in [6.45, 7) is 15.5. The smallest absolute Gasteiger partial charge is 0.442 e. The van der Waals surface area contributed by atoms with E-state index in [9.17, 15) is 56.8 Å². The number of carbonyl (C=O) groups excluding carboxylic acids is 4. The lowest BCUT2D eigenvalue weighted by Crippen LogP contribution is -2.43. The third-order valence-electron chi connectivity index (χ3n) is 10.2. The fourth-order valence-corrected chi connectivity index (χ4v) is 8.51. The topological polar surface area (TPSA) is 325 Å². The van der Waals surface area contributed by atoms with Gasteiger partial charge < -0.3 is 38.2 Å². The largest absolute Gasteiger partial charge is 0.778 e. The van der Waals surface area contributed by atoms with Crippen molar-refractivity contribution in [2.75, 3.05) is 62.4 Å². The minimum absolute atomic E-state index is 0.0223. The molecule has 0 bridgehead atoms. The highest BCUT2D eigenvalue weighted by Gasteiger charge is 2.39. The van der Waals surface area contributed by atoms with Gasteiger partial charge in [0.2, 0.25) is 11.8 Å². The van der Waals surface area contributed by atoms with Crippen LogP contribution in [0.25, 0.3) is 5.69 Å². The van der Waals surface area contributed by atoms with Crippen LogP contribution in [0, 0.1) is 23.0 Å². The SMILES string of the molecule is CC(C)Oc1cc(-n2nc(C(C)(C)C)oc2=O)c(Cl)cc1Cl.CCc1cccc(C)c1N(C(=O)CCl)C(C)COC.CS(=O)(=O)c1ccc(C(=O)C2C(=O)CCCC2=O)c([N+](=O)[O-])c1.C[S+](C)C.O=C(O)CNCP(=O)([O-])O. The van der Waals surface area contributed by atoms with Crippen molar-refractivity contribution in [1.82, 2.24) is 15.1 Å². The number of rotatable bonds is 17. The van der Waals surface area contributed by atoms with Gasteiger partial charge in [-0.15, -0.1) is 16.7 Å². The Morgan fingerprint density at radius 3 is 2.06 bits per heavy atom. The fourth-order valence-electron chi connectivity index (χ4n) is 6.84. The normalized spacial score (nSPS) is 13.7. The molecule has 0 aliphatic heterocycles.